The van der Waals surface area contributed by atoms with Crippen LogP contribution in [0.25, 0.3) is 0 Å². The SMILES string of the molecule is Cc1ccc2c(c1)CN(C(=O)[C@@]1(C(C)C)CC[C@@H](N3CCC(c4cc(O)no4)CC3)C1)CO2. The van der Waals surface area contributed by atoms with Gasteiger partial charge < -0.3 is 24.2 Å². The molecule has 2 fully saturated rings. The second-order valence-electron chi connectivity index (χ2n) is 10.5. The van der Waals surface area contributed by atoms with Crippen LogP contribution in [0.2, 0.25) is 0 Å². The molecule has 1 aliphatic carbocycles. The second kappa shape index (κ2) is 8.67. The summed E-state index contributed by atoms with van der Waals surface area (Å²) in [4.78, 5) is 18.4. The van der Waals surface area contributed by atoms with Gasteiger partial charge in [0.2, 0.25) is 5.91 Å². The van der Waals surface area contributed by atoms with Gasteiger partial charge in [-0.3, -0.25) is 4.79 Å². The number of amides is 1. The zero-order chi connectivity index (χ0) is 23.2. The molecular formula is C26H35N3O4. The summed E-state index contributed by atoms with van der Waals surface area (Å²) in [5.41, 5.74) is 1.96. The first-order chi connectivity index (χ1) is 15.9. The number of carbonyl (C=O) groups is 1. The second-order valence-corrected chi connectivity index (χ2v) is 10.5. The van der Waals surface area contributed by atoms with Crippen molar-refractivity contribution in [3.05, 3.63) is 41.2 Å². The lowest BCUT2D eigenvalue weighted by atomic mass is 9.74. The third-order valence-electron chi connectivity index (χ3n) is 8.26. The molecular weight excluding hydrogens is 418 g/mol. The maximum Gasteiger partial charge on any atom is 0.251 e. The Bertz CT molecular complexity index is 1010. The van der Waals surface area contributed by atoms with Crippen LogP contribution in [0.4, 0.5) is 0 Å². The Hall–Kier alpha value is -2.54. The quantitative estimate of drug-likeness (QED) is 0.737. The fourth-order valence-electron chi connectivity index (χ4n) is 6.16. The largest absolute Gasteiger partial charge is 0.491 e. The minimum absolute atomic E-state index is 0.0390. The van der Waals surface area contributed by atoms with Crippen molar-refractivity contribution in [1.82, 2.24) is 15.0 Å². The van der Waals surface area contributed by atoms with Crippen molar-refractivity contribution in [3.63, 3.8) is 0 Å². The number of carbonyl (C=O) groups excluding carboxylic acids is 1. The van der Waals surface area contributed by atoms with Crippen molar-refractivity contribution in [2.45, 2.75) is 71.4 Å². The van der Waals surface area contributed by atoms with Crippen molar-refractivity contribution in [2.24, 2.45) is 11.3 Å². The highest BCUT2D eigenvalue weighted by Crippen LogP contribution is 2.48. The lowest BCUT2D eigenvalue weighted by molar-refractivity contribution is -0.150. The molecule has 1 saturated heterocycles. The van der Waals surface area contributed by atoms with Crippen LogP contribution in [-0.4, -0.2) is 51.8 Å². The number of benzene rings is 1. The standard InChI is InChI=1S/C26H35N3O4/c1-17(2)26(25(31)29-15-20-12-18(3)4-5-22(20)32-16-29)9-6-21(14-26)28-10-7-19(8-11-28)23-13-24(30)27-33-23/h4-5,12-13,17,19,21H,6-11,14-16H2,1-3H3,(H,27,30)/t21-,26+/m1/s1. The van der Waals surface area contributed by atoms with Gasteiger partial charge in [-0.25, -0.2) is 0 Å². The van der Waals surface area contributed by atoms with E-state index < -0.39 is 0 Å². The lowest BCUT2D eigenvalue weighted by Crippen LogP contribution is -2.49. The van der Waals surface area contributed by atoms with Gasteiger partial charge in [-0.2, -0.15) is 0 Å². The van der Waals surface area contributed by atoms with E-state index in [1.807, 2.05) is 11.0 Å². The Balaban J connectivity index is 1.25. The van der Waals surface area contributed by atoms with E-state index in [1.54, 1.807) is 6.07 Å². The summed E-state index contributed by atoms with van der Waals surface area (Å²) >= 11 is 0. The van der Waals surface area contributed by atoms with Crippen LogP contribution in [0.3, 0.4) is 0 Å². The van der Waals surface area contributed by atoms with E-state index in [2.05, 4.69) is 43.0 Å². The normalized spacial score (nSPS) is 26.4. The number of aryl methyl sites for hydroxylation is 1. The molecule has 7 nitrogen and oxygen atoms in total. The van der Waals surface area contributed by atoms with E-state index in [4.69, 9.17) is 9.26 Å². The Morgan fingerprint density at radius 2 is 2.00 bits per heavy atom. The van der Waals surface area contributed by atoms with Crippen LogP contribution in [0, 0.1) is 18.3 Å². The number of aromatic nitrogens is 1. The topological polar surface area (TPSA) is 79.0 Å². The van der Waals surface area contributed by atoms with Gasteiger partial charge in [0, 0.05) is 23.6 Å². The fraction of sp³-hybridized carbons (Fsp3) is 0.615. The molecule has 1 aromatic heterocycles. The van der Waals surface area contributed by atoms with Crippen LogP contribution >= 0.6 is 0 Å². The van der Waals surface area contributed by atoms with Crippen molar-refractivity contribution in [3.8, 4) is 11.6 Å². The van der Waals surface area contributed by atoms with E-state index in [0.29, 0.717) is 25.2 Å². The van der Waals surface area contributed by atoms with E-state index in [1.165, 1.54) is 5.56 Å². The molecule has 7 heteroatoms. The first kappa shape index (κ1) is 22.3. The van der Waals surface area contributed by atoms with Gasteiger partial charge in [0.05, 0.1) is 12.0 Å². The first-order valence-corrected chi connectivity index (χ1v) is 12.3. The first-order valence-electron chi connectivity index (χ1n) is 12.3. The molecule has 1 N–H and O–H groups in total. The van der Waals surface area contributed by atoms with Crippen LogP contribution in [-0.2, 0) is 11.3 Å². The molecule has 3 aliphatic rings. The van der Waals surface area contributed by atoms with Crippen LogP contribution in [0.15, 0.2) is 28.8 Å². The molecule has 178 valence electrons. The summed E-state index contributed by atoms with van der Waals surface area (Å²) in [6.07, 6.45) is 4.88. The molecule has 0 spiro atoms. The van der Waals surface area contributed by atoms with E-state index in [-0.39, 0.29) is 23.1 Å². The minimum atomic E-state index is -0.330. The molecule has 0 bridgehead atoms. The minimum Gasteiger partial charge on any atom is -0.491 e. The summed E-state index contributed by atoms with van der Waals surface area (Å²) in [5.74, 6) is 2.48. The van der Waals surface area contributed by atoms with Gasteiger partial charge >= 0.3 is 0 Å². The molecule has 2 aliphatic heterocycles. The summed E-state index contributed by atoms with van der Waals surface area (Å²) in [6, 6.07) is 8.27. The number of rotatable bonds is 4. The van der Waals surface area contributed by atoms with Gasteiger partial charge in [-0.05, 0) is 69.3 Å². The molecule has 0 radical (unpaired) electrons. The maximum atomic E-state index is 13.9. The number of aromatic hydroxyl groups is 1. The zero-order valence-corrected chi connectivity index (χ0v) is 19.9. The van der Waals surface area contributed by atoms with Crippen LogP contribution < -0.4 is 4.74 Å². The predicted molar refractivity (Wildman–Crippen MR) is 124 cm³/mol. The smallest absolute Gasteiger partial charge is 0.251 e. The van der Waals surface area contributed by atoms with Gasteiger partial charge in [0.1, 0.15) is 11.5 Å². The molecule has 33 heavy (non-hydrogen) atoms. The number of ether oxygens (including phenoxy) is 1. The van der Waals surface area contributed by atoms with Gasteiger partial charge in [-0.1, -0.05) is 31.5 Å². The molecule has 1 saturated carbocycles. The number of hydrogen-bond donors (Lipinski definition) is 1. The zero-order valence-electron chi connectivity index (χ0n) is 19.9. The Labute approximate surface area is 195 Å². The molecule has 1 aromatic carbocycles. The third-order valence-corrected chi connectivity index (χ3v) is 8.26. The maximum absolute atomic E-state index is 13.9. The monoisotopic (exact) mass is 453 g/mol. The Morgan fingerprint density at radius 3 is 2.70 bits per heavy atom. The summed E-state index contributed by atoms with van der Waals surface area (Å²) in [7, 11) is 0. The van der Waals surface area contributed by atoms with Crippen LogP contribution in [0.5, 0.6) is 11.6 Å². The number of fused-ring (bicyclic) bond motifs is 1. The molecule has 1 amide bonds. The number of piperidine rings is 1. The van der Waals surface area contributed by atoms with Crippen molar-refractivity contribution in [1.29, 1.82) is 0 Å². The van der Waals surface area contributed by atoms with Gasteiger partial charge in [0.25, 0.3) is 5.88 Å². The molecule has 3 heterocycles. The summed E-state index contributed by atoms with van der Waals surface area (Å²) < 4.78 is 11.2. The van der Waals surface area contributed by atoms with Crippen molar-refractivity contribution < 1.29 is 19.2 Å². The highest BCUT2D eigenvalue weighted by atomic mass is 16.5. The number of likely N-dealkylation sites (tertiary alicyclic amines) is 1. The molecule has 2 atom stereocenters. The average Bonchev–Trinajstić information content (AvgIpc) is 3.46. The fourth-order valence-corrected chi connectivity index (χ4v) is 6.16. The van der Waals surface area contributed by atoms with Gasteiger partial charge in [-0.15, -0.1) is 0 Å². The molecule has 0 unspecified atom stereocenters. The van der Waals surface area contributed by atoms with Crippen LogP contribution in [0.1, 0.15) is 68.8 Å². The predicted octanol–water partition coefficient (Wildman–Crippen LogP) is 4.44. The molecule has 5 rings (SSSR count). The van der Waals surface area contributed by atoms with E-state index >= 15 is 0 Å². The summed E-state index contributed by atoms with van der Waals surface area (Å²) in [5, 5.41) is 13.1. The van der Waals surface area contributed by atoms with Crippen molar-refractivity contribution >= 4 is 5.91 Å². The molecule has 2 aromatic rings. The highest BCUT2D eigenvalue weighted by Gasteiger charge is 2.51. The van der Waals surface area contributed by atoms with E-state index in [9.17, 15) is 9.90 Å². The van der Waals surface area contributed by atoms with Crippen molar-refractivity contribution in [2.75, 3.05) is 19.8 Å². The number of hydrogen-bond acceptors (Lipinski definition) is 6. The Kier molecular flexibility index (Phi) is 5.85. The number of nitrogens with zero attached hydrogens (tertiary/aromatic N) is 3. The Morgan fingerprint density at radius 1 is 1.21 bits per heavy atom. The van der Waals surface area contributed by atoms with Gasteiger partial charge in [0.15, 0.2) is 6.73 Å². The lowest BCUT2D eigenvalue weighted by Gasteiger charge is -2.40. The average molecular weight is 454 g/mol. The highest BCUT2D eigenvalue weighted by molar-refractivity contribution is 5.83. The van der Waals surface area contributed by atoms with E-state index in [0.717, 1.165) is 62.3 Å². The summed E-state index contributed by atoms with van der Waals surface area (Å²) in [6.45, 7) is 9.41. The third kappa shape index (κ3) is 4.12.